The first-order valence-electron chi connectivity index (χ1n) is 11.6. The number of methoxy groups -OCH3 is 1. The summed E-state index contributed by atoms with van der Waals surface area (Å²) in [6.45, 7) is 1.68. The Bertz CT molecular complexity index is 1310. The summed E-state index contributed by atoms with van der Waals surface area (Å²) in [4.78, 5) is 19.2. The number of hydrogen-bond acceptors (Lipinski definition) is 7. The van der Waals surface area contributed by atoms with Gasteiger partial charge in [-0.1, -0.05) is 17.3 Å². The van der Waals surface area contributed by atoms with E-state index in [0.717, 1.165) is 29.7 Å². The summed E-state index contributed by atoms with van der Waals surface area (Å²) in [5.74, 6) is 2.28. The van der Waals surface area contributed by atoms with Gasteiger partial charge in [-0.05, 0) is 37.1 Å². The van der Waals surface area contributed by atoms with Gasteiger partial charge in [0.25, 0.3) is 5.91 Å². The van der Waals surface area contributed by atoms with E-state index >= 15 is 0 Å². The van der Waals surface area contributed by atoms with Crippen LogP contribution in [-0.2, 0) is 18.1 Å². The van der Waals surface area contributed by atoms with E-state index in [1.165, 1.54) is 7.11 Å². The molecule has 10 heteroatoms. The van der Waals surface area contributed by atoms with Crippen LogP contribution in [0.5, 0.6) is 11.5 Å². The van der Waals surface area contributed by atoms with Crippen LogP contribution in [0.4, 0.5) is 0 Å². The molecule has 0 saturated carbocycles. The van der Waals surface area contributed by atoms with Gasteiger partial charge in [0, 0.05) is 43.0 Å². The Morgan fingerprint density at radius 1 is 1.17 bits per heavy atom. The number of imidazole rings is 1. The van der Waals surface area contributed by atoms with Crippen LogP contribution >= 0.6 is 0 Å². The lowest BCUT2D eigenvalue weighted by Gasteiger charge is -2.32. The molecule has 1 amide bonds. The molecule has 182 valence electrons. The number of para-hydroxylation sites is 1. The monoisotopic (exact) mass is 476 g/mol. The van der Waals surface area contributed by atoms with Crippen molar-refractivity contribution in [1.29, 1.82) is 0 Å². The molecule has 0 radical (unpaired) electrons. The van der Waals surface area contributed by atoms with Crippen LogP contribution in [-0.4, -0.2) is 67.3 Å². The Balaban J connectivity index is 1.17. The molecular weight excluding hydrogens is 448 g/mol. The molecule has 0 bridgehead atoms. The van der Waals surface area contributed by atoms with E-state index in [-0.39, 0.29) is 25.0 Å². The molecule has 10 nitrogen and oxygen atoms in total. The summed E-state index contributed by atoms with van der Waals surface area (Å²) in [5, 5.41) is 17.9. The first kappa shape index (κ1) is 22.9. The molecule has 1 aliphatic heterocycles. The predicted octanol–water partition coefficient (Wildman–Crippen LogP) is 2.42. The molecular formula is C25H28N6O4. The maximum absolute atomic E-state index is 12.7. The van der Waals surface area contributed by atoms with Gasteiger partial charge in [-0.3, -0.25) is 4.79 Å². The van der Waals surface area contributed by atoms with E-state index in [0.29, 0.717) is 36.8 Å². The second-order valence-corrected chi connectivity index (χ2v) is 8.55. The number of hydrogen-bond donors (Lipinski definition) is 1. The number of benzene rings is 2. The Hall–Kier alpha value is -3.92. The van der Waals surface area contributed by atoms with Crippen molar-refractivity contribution in [3.63, 3.8) is 0 Å². The molecule has 0 aliphatic carbocycles. The van der Waals surface area contributed by atoms with E-state index in [1.807, 2.05) is 46.2 Å². The number of aromatic nitrogens is 5. The first-order chi connectivity index (χ1) is 17.2. The third-order valence-corrected chi connectivity index (χ3v) is 6.46. The molecule has 0 spiro atoms. The number of ether oxygens (including phenoxy) is 2. The number of amides is 1. The summed E-state index contributed by atoms with van der Waals surface area (Å²) in [7, 11) is 1.53. The zero-order valence-electron chi connectivity index (χ0n) is 19.6. The maximum Gasteiger partial charge on any atom is 0.260 e. The number of rotatable bonds is 8. The predicted molar refractivity (Wildman–Crippen MR) is 128 cm³/mol. The molecule has 35 heavy (non-hydrogen) atoms. The SMILES string of the molecule is COc1cc(OCC(=O)N2CCC(c3nccn3Cn3nnc4ccccc43)CC2)ccc1CO. The van der Waals surface area contributed by atoms with E-state index < -0.39 is 0 Å². The Morgan fingerprint density at radius 2 is 2.00 bits per heavy atom. The minimum atomic E-state index is -0.120. The van der Waals surface area contributed by atoms with Gasteiger partial charge in [0.2, 0.25) is 0 Å². The molecule has 2 aromatic carbocycles. The molecule has 0 unspecified atom stereocenters. The van der Waals surface area contributed by atoms with Crippen molar-refractivity contribution >= 4 is 16.9 Å². The fourth-order valence-electron chi connectivity index (χ4n) is 4.54. The average Bonchev–Trinajstić information content (AvgIpc) is 3.54. The van der Waals surface area contributed by atoms with Crippen molar-refractivity contribution < 1.29 is 19.4 Å². The van der Waals surface area contributed by atoms with Crippen molar-refractivity contribution in [3.05, 3.63) is 66.2 Å². The van der Waals surface area contributed by atoms with E-state index in [9.17, 15) is 9.90 Å². The number of aliphatic hydroxyl groups is 1. The lowest BCUT2D eigenvalue weighted by molar-refractivity contribution is -0.134. The average molecular weight is 477 g/mol. The minimum absolute atomic E-state index is 0.0414. The smallest absolute Gasteiger partial charge is 0.260 e. The van der Waals surface area contributed by atoms with Gasteiger partial charge in [-0.2, -0.15) is 0 Å². The Labute approximate surface area is 202 Å². The van der Waals surface area contributed by atoms with Crippen molar-refractivity contribution in [2.45, 2.75) is 32.0 Å². The molecule has 1 aliphatic rings. The summed E-state index contributed by atoms with van der Waals surface area (Å²) in [6.07, 6.45) is 5.45. The van der Waals surface area contributed by atoms with Gasteiger partial charge < -0.3 is 24.0 Å². The fraction of sp³-hybridized carbons (Fsp3) is 0.360. The molecule has 0 atom stereocenters. The number of likely N-dealkylation sites (tertiary alicyclic amines) is 1. The van der Waals surface area contributed by atoms with Gasteiger partial charge in [-0.15, -0.1) is 5.10 Å². The van der Waals surface area contributed by atoms with Gasteiger partial charge in [0.15, 0.2) is 6.61 Å². The van der Waals surface area contributed by atoms with Crippen molar-refractivity contribution in [2.24, 2.45) is 0 Å². The van der Waals surface area contributed by atoms with Gasteiger partial charge >= 0.3 is 0 Å². The molecule has 5 rings (SSSR count). The quantitative estimate of drug-likeness (QED) is 0.416. The fourth-order valence-corrected chi connectivity index (χ4v) is 4.54. The van der Waals surface area contributed by atoms with E-state index in [4.69, 9.17) is 9.47 Å². The van der Waals surface area contributed by atoms with Gasteiger partial charge in [0.1, 0.15) is 29.5 Å². The highest BCUT2D eigenvalue weighted by Crippen LogP contribution is 2.28. The number of carbonyl (C=O) groups excluding carboxylic acids is 1. The normalized spacial score (nSPS) is 14.4. The lowest BCUT2D eigenvalue weighted by atomic mass is 9.96. The molecule has 2 aromatic heterocycles. The lowest BCUT2D eigenvalue weighted by Crippen LogP contribution is -2.41. The third kappa shape index (κ3) is 4.83. The number of aliphatic hydroxyl groups excluding tert-OH is 1. The molecule has 4 aromatic rings. The van der Waals surface area contributed by atoms with Crippen LogP contribution in [0, 0.1) is 0 Å². The minimum Gasteiger partial charge on any atom is -0.496 e. The second-order valence-electron chi connectivity index (χ2n) is 8.55. The van der Waals surface area contributed by atoms with Crippen LogP contribution in [0.3, 0.4) is 0 Å². The van der Waals surface area contributed by atoms with Gasteiger partial charge in [-0.25, -0.2) is 9.67 Å². The van der Waals surface area contributed by atoms with Crippen LogP contribution in [0.25, 0.3) is 11.0 Å². The highest BCUT2D eigenvalue weighted by atomic mass is 16.5. The number of piperidine rings is 1. The van der Waals surface area contributed by atoms with Crippen molar-refractivity contribution in [2.75, 3.05) is 26.8 Å². The number of nitrogens with zero attached hydrogens (tertiary/aromatic N) is 6. The zero-order valence-corrected chi connectivity index (χ0v) is 19.6. The zero-order chi connectivity index (χ0) is 24.2. The third-order valence-electron chi connectivity index (χ3n) is 6.46. The van der Waals surface area contributed by atoms with Crippen molar-refractivity contribution in [3.8, 4) is 11.5 Å². The van der Waals surface area contributed by atoms with Gasteiger partial charge in [0.05, 0.1) is 19.2 Å². The summed E-state index contributed by atoms with van der Waals surface area (Å²) in [6, 6.07) is 13.0. The number of carbonyl (C=O) groups is 1. The van der Waals surface area contributed by atoms with Crippen LogP contribution in [0.1, 0.15) is 30.1 Å². The largest absolute Gasteiger partial charge is 0.496 e. The number of fused-ring (bicyclic) bond motifs is 1. The van der Waals surface area contributed by atoms with Crippen molar-refractivity contribution in [1.82, 2.24) is 29.4 Å². The highest BCUT2D eigenvalue weighted by Gasteiger charge is 2.27. The maximum atomic E-state index is 12.7. The summed E-state index contributed by atoms with van der Waals surface area (Å²) >= 11 is 0. The van der Waals surface area contributed by atoms with E-state index in [2.05, 4.69) is 19.9 Å². The first-order valence-corrected chi connectivity index (χ1v) is 11.6. The molecule has 1 N–H and O–H groups in total. The highest BCUT2D eigenvalue weighted by molar-refractivity contribution is 5.78. The Kier molecular flexibility index (Phi) is 6.62. The van der Waals surface area contributed by atoms with Crippen LogP contribution in [0.2, 0.25) is 0 Å². The van der Waals surface area contributed by atoms with Crippen LogP contribution in [0.15, 0.2) is 54.9 Å². The Morgan fingerprint density at radius 3 is 2.80 bits per heavy atom. The second kappa shape index (κ2) is 10.1. The van der Waals surface area contributed by atoms with Crippen LogP contribution < -0.4 is 9.47 Å². The molecule has 1 fully saturated rings. The topological polar surface area (TPSA) is 108 Å². The van der Waals surface area contributed by atoms with E-state index in [1.54, 1.807) is 18.2 Å². The standard InChI is InChI=1S/C25H28N6O4/c1-34-23-14-20(7-6-19(23)15-32)35-16-24(33)29-11-8-18(9-12-29)25-26-10-13-30(25)17-31-22-5-3-2-4-21(22)27-28-31/h2-7,10,13-14,18,32H,8-9,11-12,15-17H2,1H3. The molecule has 1 saturated heterocycles. The summed E-state index contributed by atoms with van der Waals surface area (Å²) in [5.41, 5.74) is 2.52. The summed E-state index contributed by atoms with van der Waals surface area (Å²) < 4.78 is 14.9. The molecule has 3 heterocycles.